The summed E-state index contributed by atoms with van der Waals surface area (Å²) in [4.78, 5) is 12.6. The van der Waals surface area contributed by atoms with Gasteiger partial charge in [0.05, 0.1) is 4.75 Å². The van der Waals surface area contributed by atoms with Crippen LogP contribution in [0.4, 0.5) is 4.39 Å². The summed E-state index contributed by atoms with van der Waals surface area (Å²) in [5.41, 5.74) is 4.69. The van der Waals surface area contributed by atoms with Crippen LogP contribution in [0.15, 0.2) is 115 Å². The molecule has 1 amide bonds. The summed E-state index contributed by atoms with van der Waals surface area (Å²) in [5, 5.41) is 3.01. The van der Waals surface area contributed by atoms with Crippen molar-refractivity contribution in [3.63, 3.8) is 0 Å². The third-order valence-corrected chi connectivity index (χ3v) is 7.17. The maximum Gasteiger partial charge on any atom is 0.251 e. The molecule has 2 nitrogen and oxygen atoms in total. The molecule has 0 atom stereocenters. The lowest BCUT2D eigenvalue weighted by molar-refractivity contribution is 0.0956. The van der Waals surface area contributed by atoms with Gasteiger partial charge >= 0.3 is 0 Å². The summed E-state index contributed by atoms with van der Waals surface area (Å²) < 4.78 is 12.3. The van der Waals surface area contributed by atoms with Crippen LogP contribution in [0, 0.1) is 0 Å². The van der Waals surface area contributed by atoms with Crippen LogP contribution in [-0.2, 0) is 11.4 Å². The lowest BCUT2D eigenvalue weighted by atomic mass is 9.84. The Morgan fingerprint density at radius 1 is 0.697 bits per heavy atom. The molecule has 166 valence electrons. The standard InChI is InChI=1S/C29H26FNOS/c30-22-23-16-18-24(19-17-23)28(32)31-20-21-33-29(25-10-4-1-5-11-25,26-12-6-2-7-13-26)27-14-8-3-9-15-27/h1-19H,20-22H2,(H,31,32). The molecule has 0 fully saturated rings. The Balaban J connectivity index is 1.58. The highest BCUT2D eigenvalue weighted by Gasteiger charge is 2.36. The van der Waals surface area contributed by atoms with Gasteiger partial charge in [0.1, 0.15) is 6.67 Å². The number of hydrogen-bond donors (Lipinski definition) is 1. The van der Waals surface area contributed by atoms with Crippen LogP contribution in [0.2, 0.25) is 0 Å². The van der Waals surface area contributed by atoms with Gasteiger partial charge in [-0.2, -0.15) is 0 Å². The number of nitrogens with one attached hydrogen (secondary N) is 1. The number of thioether (sulfide) groups is 1. The van der Waals surface area contributed by atoms with Gasteiger partial charge < -0.3 is 5.32 Å². The number of amides is 1. The lowest BCUT2D eigenvalue weighted by Gasteiger charge is -2.35. The number of halogens is 1. The molecule has 0 saturated carbocycles. The Bertz CT molecular complexity index is 1050. The van der Waals surface area contributed by atoms with Gasteiger partial charge in [0.15, 0.2) is 0 Å². The first-order chi connectivity index (χ1) is 16.2. The molecule has 0 spiro atoms. The van der Waals surface area contributed by atoms with Crippen LogP contribution in [0.25, 0.3) is 0 Å². The van der Waals surface area contributed by atoms with E-state index in [1.165, 1.54) is 16.7 Å². The van der Waals surface area contributed by atoms with E-state index in [1.807, 2.05) is 30.0 Å². The van der Waals surface area contributed by atoms with E-state index in [-0.39, 0.29) is 5.91 Å². The SMILES string of the molecule is O=C(NCCSC(c1ccccc1)(c1ccccc1)c1ccccc1)c1ccc(CF)cc1. The fraction of sp³-hybridized carbons (Fsp3) is 0.138. The maximum atomic E-state index is 12.7. The first-order valence-corrected chi connectivity index (χ1v) is 12.0. The Kier molecular flexibility index (Phi) is 7.59. The van der Waals surface area contributed by atoms with E-state index < -0.39 is 11.4 Å². The Labute approximate surface area is 198 Å². The number of carbonyl (C=O) groups excluding carboxylic acids is 1. The molecule has 0 aliphatic heterocycles. The lowest BCUT2D eigenvalue weighted by Crippen LogP contribution is -2.30. The maximum absolute atomic E-state index is 12.7. The van der Waals surface area contributed by atoms with Gasteiger partial charge in [0.25, 0.3) is 5.91 Å². The van der Waals surface area contributed by atoms with E-state index >= 15 is 0 Å². The summed E-state index contributed by atoms with van der Waals surface area (Å²) in [6.45, 7) is -0.0122. The van der Waals surface area contributed by atoms with E-state index in [4.69, 9.17) is 0 Å². The van der Waals surface area contributed by atoms with E-state index in [2.05, 4.69) is 78.1 Å². The largest absolute Gasteiger partial charge is 0.351 e. The van der Waals surface area contributed by atoms with Crippen LogP contribution < -0.4 is 5.32 Å². The fourth-order valence-electron chi connectivity index (χ4n) is 3.98. The van der Waals surface area contributed by atoms with Crippen LogP contribution >= 0.6 is 11.8 Å². The van der Waals surface area contributed by atoms with Crippen molar-refractivity contribution in [3.05, 3.63) is 143 Å². The minimum atomic E-state index is -0.529. The highest BCUT2D eigenvalue weighted by atomic mass is 32.2. The summed E-state index contributed by atoms with van der Waals surface area (Å²) in [6.07, 6.45) is 0. The second kappa shape index (κ2) is 11.0. The molecule has 4 aromatic rings. The minimum Gasteiger partial charge on any atom is -0.351 e. The predicted molar refractivity (Wildman–Crippen MR) is 135 cm³/mol. The number of alkyl halides is 1. The zero-order chi connectivity index (χ0) is 22.9. The Morgan fingerprint density at radius 2 is 1.15 bits per heavy atom. The van der Waals surface area contributed by atoms with Gasteiger partial charge in [-0.3, -0.25) is 4.79 Å². The molecule has 33 heavy (non-hydrogen) atoms. The van der Waals surface area contributed by atoms with Gasteiger partial charge in [-0.05, 0) is 34.4 Å². The van der Waals surface area contributed by atoms with Gasteiger partial charge in [0, 0.05) is 17.9 Å². The third kappa shape index (κ3) is 5.18. The van der Waals surface area contributed by atoms with E-state index in [0.717, 1.165) is 0 Å². The Hall–Kier alpha value is -3.37. The Morgan fingerprint density at radius 3 is 1.58 bits per heavy atom. The van der Waals surface area contributed by atoms with Crippen molar-refractivity contribution in [2.24, 2.45) is 0 Å². The van der Waals surface area contributed by atoms with Crippen molar-refractivity contribution in [2.45, 2.75) is 11.4 Å². The molecule has 0 radical (unpaired) electrons. The van der Waals surface area contributed by atoms with Crippen molar-refractivity contribution in [1.82, 2.24) is 5.32 Å². The monoisotopic (exact) mass is 455 g/mol. The van der Waals surface area contributed by atoms with Gasteiger partial charge in [-0.1, -0.05) is 103 Å². The molecule has 4 rings (SSSR count). The molecule has 0 unspecified atom stereocenters. The topological polar surface area (TPSA) is 29.1 Å². The van der Waals surface area contributed by atoms with Crippen LogP contribution in [0.1, 0.15) is 32.6 Å². The van der Waals surface area contributed by atoms with E-state index in [1.54, 1.807) is 24.3 Å². The molecule has 0 bridgehead atoms. The molecular formula is C29H26FNOS. The quantitative estimate of drug-likeness (QED) is 0.227. The summed E-state index contributed by atoms with van der Waals surface area (Å²) in [7, 11) is 0. The number of rotatable bonds is 9. The normalized spacial score (nSPS) is 11.2. The summed E-state index contributed by atoms with van der Waals surface area (Å²) >= 11 is 1.81. The van der Waals surface area contributed by atoms with Gasteiger partial charge in [0.2, 0.25) is 0 Å². The van der Waals surface area contributed by atoms with Crippen molar-refractivity contribution >= 4 is 17.7 Å². The zero-order valence-electron chi connectivity index (χ0n) is 18.3. The predicted octanol–water partition coefficient (Wildman–Crippen LogP) is 6.61. The van der Waals surface area contributed by atoms with Crippen molar-refractivity contribution in [3.8, 4) is 0 Å². The van der Waals surface area contributed by atoms with Crippen molar-refractivity contribution < 1.29 is 9.18 Å². The van der Waals surface area contributed by atoms with Gasteiger partial charge in [-0.25, -0.2) is 4.39 Å². The number of carbonyl (C=O) groups is 1. The van der Waals surface area contributed by atoms with Crippen molar-refractivity contribution in [1.29, 1.82) is 0 Å². The average Bonchev–Trinajstić information content (AvgIpc) is 2.90. The van der Waals surface area contributed by atoms with E-state index in [9.17, 15) is 9.18 Å². The molecule has 0 aliphatic carbocycles. The van der Waals surface area contributed by atoms with Crippen molar-refractivity contribution in [2.75, 3.05) is 12.3 Å². The minimum absolute atomic E-state index is 0.147. The molecular weight excluding hydrogens is 429 g/mol. The third-order valence-electron chi connectivity index (χ3n) is 5.62. The van der Waals surface area contributed by atoms with Crippen LogP contribution in [0.3, 0.4) is 0 Å². The second-order valence-electron chi connectivity index (χ2n) is 7.71. The van der Waals surface area contributed by atoms with Crippen LogP contribution in [0.5, 0.6) is 0 Å². The first-order valence-electron chi connectivity index (χ1n) is 11.0. The molecule has 1 N–H and O–H groups in total. The molecule has 0 heterocycles. The summed E-state index contributed by atoms with van der Waals surface area (Å²) in [5.74, 6) is 0.568. The molecule has 0 aromatic heterocycles. The number of hydrogen-bond acceptors (Lipinski definition) is 2. The molecule has 4 heteroatoms. The molecule has 4 aromatic carbocycles. The first kappa shape index (κ1) is 22.8. The number of benzene rings is 4. The summed E-state index contributed by atoms with van der Waals surface area (Å²) in [6, 6.07) is 38.1. The fourth-order valence-corrected chi connectivity index (χ4v) is 5.40. The average molecular weight is 456 g/mol. The zero-order valence-corrected chi connectivity index (χ0v) is 19.1. The van der Waals surface area contributed by atoms with Gasteiger partial charge in [-0.15, -0.1) is 11.8 Å². The highest BCUT2D eigenvalue weighted by molar-refractivity contribution is 8.00. The highest BCUT2D eigenvalue weighted by Crippen LogP contribution is 2.48. The molecule has 0 saturated heterocycles. The molecule has 0 aliphatic rings. The van der Waals surface area contributed by atoms with Crippen LogP contribution in [-0.4, -0.2) is 18.2 Å². The smallest absolute Gasteiger partial charge is 0.251 e. The second-order valence-corrected chi connectivity index (χ2v) is 9.02. The van der Waals surface area contributed by atoms with E-state index in [0.29, 0.717) is 23.4 Å².